The summed E-state index contributed by atoms with van der Waals surface area (Å²) >= 11 is 0. The first kappa shape index (κ1) is 14.2. The van der Waals surface area contributed by atoms with Gasteiger partial charge in [0.25, 0.3) is 0 Å². The quantitative estimate of drug-likeness (QED) is 0.826. The van der Waals surface area contributed by atoms with Crippen LogP contribution in [0.15, 0.2) is 34.9 Å². The standard InChI is InChI=1S/C16H21N3O2/c1-2-5-13(6-3-1)12-20-10-8-15-18-16(21-19-15)14-7-4-9-17-11-14/h1-3,5-6,14,17H,4,7-12H2. The second kappa shape index (κ2) is 7.33. The Morgan fingerprint density at radius 1 is 1.29 bits per heavy atom. The van der Waals surface area contributed by atoms with Crippen molar-refractivity contribution < 1.29 is 9.26 Å². The van der Waals surface area contributed by atoms with Crippen molar-refractivity contribution in [2.45, 2.75) is 31.8 Å². The van der Waals surface area contributed by atoms with Crippen molar-refractivity contribution in [3.05, 3.63) is 47.6 Å². The van der Waals surface area contributed by atoms with Crippen LogP contribution in [-0.4, -0.2) is 29.8 Å². The van der Waals surface area contributed by atoms with E-state index < -0.39 is 0 Å². The van der Waals surface area contributed by atoms with Crippen LogP contribution in [0.5, 0.6) is 0 Å². The summed E-state index contributed by atoms with van der Waals surface area (Å²) in [5, 5.41) is 7.40. The molecule has 1 aliphatic rings. The van der Waals surface area contributed by atoms with Crippen molar-refractivity contribution in [1.82, 2.24) is 15.5 Å². The lowest BCUT2D eigenvalue weighted by Gasteiger charge is -2.18. The van der Waals surface area contributed by atoms with E-state index in [0.29, 0.717) is 25.6 Å². The SMILES string of the molecule is c1ccc(COCCc2noc(C3CCCNC3)n2)cc1. The molecule has 0 bridgehead atoms. The lowest BCUT2D eigenvalue weighted by Crippen LogP contribution is -2.28. The summed E-state index contributed by atoms with van der Waals surface area (Å²) in [5.41, 5.74) is 1.18. The van der Waals surface area contributed by atoms with Crippen LogP contribution in [0, 0.1) is 0 Å². The number of ether oxygens (including phenoxy) is 1. The third-order valence-corrected chi connectivity index (χ3v) is 3.71. The van der Waals surface area contributed by atoms with E-state index in [0.717, 1.165) is 31.2 Å². The molecule has 0 amide bonds. The molecule has 3 rings (SSSR count). The van der Waals surface area contributed by atoms with Crippen LogP contribution in [0.2, 0.25) is 0 Å². The van der Waals surface area contributed by atoms with Crippen LogP contribution in [0.3, 0.4) is 0 Å². The van der Waals surface area contributed by atoms with Gasteiger partial charge in [-0.05, 0) is 24.9 Å². The van der Waals surface area contributed by atoms with Crippen LogP contribution < -0.4 is 5.32 Å². The van der Waals surface area contributed by atoms with Crippen molar-refractivity contribution in [2.24, 2.45) is 0 Å². The largest absolute Gasteiger partial charge is 0.376 e. The highest BCUT2D eigenvalue weighted by Gasteiger charge is 2.21. The number of rotatable bonds is 6. The molecule has 0 saturated carbocycles. The molecule has 1 N–H and O–H groups in total. The molecule has 1 saturated heterocycles. The number of hydrogen-bond acceptors (Lipinski definition) is 5. The fourth-order valence-corrected chi connectivity index (χ4v) is 2.53. The summed E-state index contributed by atoms with van der Waals surface area (Å²) in [4.78, 5) is 4.48. The fourth-order valence-electron chi connectivity index (χ4n) is 2.53. The van der Waals surface area contributed by atoms with Crippen LogP contribution in [0.1, 0.15) is 36.0 Å². The Labute approximate surface area is 124 Å². The van der Waals surface area contributed by atoms with E-state index in [9.17, 15) is 0 Å². The van der Waals surface area contributed by atoms with Crippen molar-refractivity contribution in [3.63, 3.8) is 0 Å². The molecule has 1 atom stereocenters. The molecule has 21 heavy (non-hydrogen) atoms. The van der Waals surface area contributed by atoms with Gasteiger partial charge in [0.1, 0.15) is 0 Å². The van der Waals surface area contributed by atoms with E-state index in [1.807, 2.05) is 18.2 Å². The molecular weight excluding hydrogens is 266 g/mol. The minimum Gasteiger partial charge on any atom is -0.376 e. The number of nitrogens with one attached hydrogen (secondary N) is 1. The third kappa shape index (κ3) is 4.12. The first-order chi connectivity index (χ1) is 10.4. The van der Waals surface area contributed by atoms with Crippen LogP contribution >= 0.6 is 0 Å². The molecule has 112 valence electrons. The zero-order valence-corrected chi connectivity index (χ0v) is 12.1. The Morgan fingerprint density at radius 2 is 2.19 bits per heavy atom. The van der Waals surface area contributed by atoms with Gasteiger partial charge in [-0.2, -0.15) is 4.98 Å². The molecule has 1 unspecified atom stereocenters. The van der Waals surface area contributed by atoms with Gasteiger partial charge in [0.05, 0.1) is 19.1 Å². The van der Waals surface area contributed by atoms with Gasteiger partial charge in [0.15, 0.2) is 5.82 Å². The predicted octanol–water partition coefficient (Wildman–Crippen LogP) is 2.30. The molecule has 2 aromatic rings. The molecule has 0 spiro atoms. The molecule has 0 radical (unpaired) electrons. The van der Waals surface area contributed by atoms with Crippen LogP contribution in [0.4, 0.5) is 0 Å². The number of nitrogens with zero attached hydrogens (tertiary/aromatic N) is 2. The van der Waals surface area contributed by atoms with E-state index in [1.54, 1.807) is 0 Å². The summed E-state index contributed by atoms with van der Waals surface area (Å²) in [6.45, 7) is 3.26. The van der Waals surface area contributed by atoms with Gasteiger partial charge in [0, 0.05) is 13.0 Å². The Kier molecular flexibility index (Phi) is 4.97. The third-order valence-electron chi connectivity index (χ3n) is 3.71. The predicted molar refractivity (Wildman–Crippen MR) is 78.9 cm³/mol. The molecule has 1 fully saturated rings. The topological polar surface area (TPSA) is 60.2 Å². The lowest BCUT2D eigenvalue weighted by molar-refractivity contribution is 0.122. The van der Waals surface area contributed by atoms with Gasteiger partial charge in [-0.1, -0.05) is 35.5 Å². The normalized spacial score (nSPS) is 18.8. The summed E-state index contributed by atoms with van der Waals surface area (Å²) in [7, 11) is 0. The summed E-state index contributed by atoms with van der Waals surface area (Å²) in [5.74, 6) is 1.87. The smallest absolute Gasteiger partial charge is 0.231 e. The Morgan fingerprint density at radius 3 is 3.00 bits per heavy atom. The molecular formula is C16H21N3O2. The highest BCUT2D eigenvalue weighted by molar-refractivity contribution is 5.13. The molecule has 2 heterocycles. The molecule has 0 aliphatic carbocycles. The average Bonchev–Trinajstić information content (AvgIpc) is 3.02. The monoisotopic (exact) mass is 287 g/mol. The van der Waals surface area contributed by atoms with Crippen LogP contribution in [0.25, 0.3) is 0 Å². The maximum Gasteiger partial charge on any atom is 0.231 e. The van der Waals surface area contributed by atoms with Gasteiger partial charge in [-0.25, -0.2) is 0 Å². The van der Waals surface area contributed by atoms with Gasteiger partial charge in [-0.3, -0.25) is 0 Å². The Bertz CT molecular complexity index is 535. The second-order valence-corrected chi connectivity index (χ2v) is 5.38. The molecule has 5 heteroatoms. The minimum absolute atomic E-state index is 0.366. The Hall–Kier alpha value is -1.72. The maximum atomic E-state index is 5.64. The fraction of sp³-hybridized carbons (Fsp3) is 0.500. The van der Waals surface area contributed by atoms with Crippen molar-refractivity contribution in [3.8, 4) is 0 Å². The van der Waals surface area contributed by atoms with E-state index in [4.69, 9.17) is 9.26 Å². The van der Waals surface area contributed by atoms with E-state index in [1.165, 1.54) is 12.0 Å². The van der Waals surface area contributed by atoms with Crippen LogP contribution in [-0.2, 0) is 17.8 Å². The summed E-state index contributed by atoms with van der Waals surface area (Å²) < 4.78 is 11.0. The minimum atomic E-state index is 0.366. The number of benzene rings is 1. The maximum absolute atomic E-state index is 5.64. The lowest BCUT2D eigenvalue weighted by atomic mass is 10.00. The average molecular weight is 287 g/mol. The van der Waals surface area contributed by atoms with Gasteiger partial charge in [0.2, 0.25) is 5.89 Å². The number of hydrogen-bond donors (Lipinski definition) is 1. The molecule has 1 aromatic carbocycles. The van der Waals surface area contributed by atoms with Crippen molar-refractivity contribution in [1.29, 1.82) is 0 Å². The zero-order chi connectivity index (χ0) is 14.3. The first-order valence-corrected chi connectivity index (χ1v) is 7.56. The molecule has 1 aromatic heterocycles. The highest BCUT2D eigenvalue weighted by atomic mass is 16.5. The molecule has 5 nitrogen and oxygen atoms in total. The van der Waals surface area contributed by atoms with Gasteiger partial charge < -0.3 is 14.6 Å². The zero-order valence-electron chi connectivity index (χ0n) is 12.1. The van der Waals surface area contributed by atoms with E-state index in [-0.39, 0.29) is 0 Å². The summed E-state index contributed by atoms with van der Waals surface area (Å²) in [6, 6.07) is 10.2. The first-order valence-electron chi connectivity index (χ1n) is 7.56. The van der Waals surface area contributed by atoms with Crippen molar-refractivity contribution in [2.75, 3.05) is 19.7 Å². The highest BCUT2D eigenvalue weighted by Crippen LogP contribution is 2.21. The van der Waals surface area contributed by atoms with Crippen molar-refractivity contribution >= 4 is 0 Å². The van der Waals surface area contributed by atoms with Gasteiger partial charge in [-0.15, -0.1) is 0 Å². The van der Waals surface area contributed by atoms with Gasteiger partial charge >= 0.3 is 0 Å². The second-order valence-electron chi connectivity index (χ2n) is 5.38. The number of piperidine rings is 1. The van der Waals surface area contributed by atoms with E-state index >= 15 is 0 Å². The Balaban J connectivity index is 1.42. The van der Waals surface area contributed by atoms with E-state index in [2.05, 4.69) is 27.6 Å². The summed E-state index contributed by atoms with van der Waals surface area (Å²) in [6.07, 6.45) is 2.98. The number of aromatic nitrogens is 2. The molecule has 1 aliphatic heterocycles.